The Morgan fingerprint density at radius 1 is 1.25 bits per heavy atom. The summed E-state index contributed by atoms with van der Waals surface area (Å²) in [5.74, 6) is 1.74. The van der Waals surface area contributed by atoms with Crippen molar-refractivity contribution in [2.24, 2.45) is 5.92 Å². The van der Waals surface area contributed by atoms with Crippen LogP contribution in [0.4, 0.5) is 5.82 Å². The van der Waals surface area contributed by atoms with Gasteiger partial charge < -0.3 is 15.2 Å². The lowest BCUT2D eigenvalue weighted by Crippen LogP contribution is -2.37. The first-order valence-electron chi connectivity index (χ1n) is 7.48. The first kappa shape index (κ1) is 13.3. The second-order valence-electron chi connectivity index (χ2n) is 5.44. The molecule has 2 aromatic heterocycles. The number of imidazole rings is 1. The first-order chi connectivity index (χ1) is 9.88. The molecule has 0 aliphatic carbocycles. The third kappa shape index (κ3) is 2.75. The zero-order chi connectivity index (χ0) is 13.8. The highest BCUT2D eigenvalue weighted by Crippen LogP contribution is 2.23. The number of piperidine rings is 1. The molecule has 0 saturated carbocycles. The normalized spacial score (nSPS) is 16.6. The molecule has 2 aromatic rings. The zero-order valence-corrected chi connectivity index (χ0v) is 12.0. The summed E-state index contributed by atoms with van der Waals surface area (Å²) in [5.41, 5.74) is 1.70. The van der Waals surface area contributed by atoms with Gasteiger partial charge in [0.25, 0.3) is 0 Å². The fourth-order valence-electron chi connectivity index (χ4n) is 2.92. The number of nitrogens with zero attached hydrogens (tertiary/aromatic N) is 4. The lowest BCUT2D eigenvalue weighted by molar-refractivity contribution is 0.373. The predicted molar refractivity (Wildman–Crippen MR) is 79.8 cm³/mol. The topological polar surface area (TPSA) is 69.7 Å². The second kappa shape index (κ2) is 6.17. The maximum absolute atomic E-state index is 4.49. The van der Waals surface area contributed by atoms with Crippen LogP contribution in [0.15, 0.2) is 12.7 Å². The Kier molecular flexibility index (Phi) is 4.11. The highest BCUT2D eigenvalue weighted by atomic mass is 15.2. The van der Waals surface area contributed by atoms with Crippen LogP contribution in [0, 0.1) is 5.92 Å². The minimum absolute atomic E-state index is 0.746. The number of H-pyrrole nitrogens is 1. The minimum atomic E-state index is 0.746. The predicted octanol–water partition coefficient (Wildman–Crippen LogP) is 1.57. The van der Waals surface area contributed by atoms with Gasteiger partial charge in [-0.3, -0.25) is 0 Å². The fraction of sp³-hybridized carbons (Fsp3) is 0.643. The Hall–Kier alpha value is -1.69. The fourth-order valence-corrected chi connectivity index (χ4v) is 2.92. The number of hydrogen-bond acceptors (Lipinski definition) is 5. The smallest absolute Gasteiger partial charge is 0.182 e. The van der Waals surface area contributed by atoms with Crippen molar-refractivity contribution in [1.29, 1.82) is 0 Å². The van der Waals surface area contributed by atoms with Crippen molar-refractivity contribution in [3.05, 3.63) is 12.7 Å². The molecular weight excluding hydrogens is 252 g/mol. The SMILES string of the molecule is CCCN(CC1CCNCC1)c1ncnc2nc[nH]c12. The molecule has 6 heteroatoms. The van der Waals surface area contributed by atoms with Gasteiger partial charge in [0.1, 0.15) is 11.8 Å². The van der Waals surface area contributed by atoms with E-state index in [9.17, 15) is 0 Å². The number of aromatic amines is 1. The molecule has 20 heavy (non-hydrogen) atoms. The van der Waals surface area contributed by atoms with Gasteiger partial charge in [-0.25, -0.2) is 15.0 Å². The van der Waals surface area contributed by atoms with E-state index >= 15 is 0 Å². The van der Waals surface area contributed by atoms with Crippen molar-refractivity contribution < 1.29 is 0 Å². The van der Waals surface area contributed by atoms with Gasteiger partial charge in [-0.15, -0.1) is 0 Å². The summed E-state index contributed by atoms with van der Waals surface area (Å²) in [4.78, 5) is 18.5. The molecule has 1 aliphatic rings. The monoisotopic (exact) mass is 274 g/mol. The number of hydrogen-bond donors (Lipinski definition) is 2. The molecule has 108 valence electrons. The molecule has 0 spiro atoms. The molecule has 3 heterocycles. The molecule has 0 radical (unpaired) electrons. The molecule has 0 atom stereocenters. The average Bonchev–Trinajstić information content (AvgIpc) is 2.96. The van der Waals surface area contributed by atoms with E-state index in [1.165, 1.54) is 12.8 Å². The third-order valence-electron chi connectivity index (χ3n) is 3.93. The van der Waals surface area contributed by atoms with Crippen molar-refractivity contribution >= 4 is 17.0 Å². The van der Waals surface area contributed by atoms with Crippen molar-refractivity contribution in [1.82, 2.24) is 25.3 Å². The van der Waals surface area contributed by atoms with E-state index in [1.807, 2.05) is 0 Å². The molecule has 2 N–H and O–H groups in total. The molecule has 1 aliphatic heterocycles. The average molecular weight is 274 g/mol. The molecule has 0 aromatic carbocycles. The Morgan fingerprint density at radius 2 is 2.10 bits per heavy atom. The van der Waals surface area contributed by atoms with Gasteiger partial charge in [-0.2, -0.15) is 0 Å². The van der Waals surface area contributed by atoms with Crippen LogP contribution in [0.2, 0.25) is 0 Å². The van der Waals surface area contributed by atoms with Gasteiger partial charge in [-0.05, 0) is 38.3 Å². The zero-order valence-electron chi connectivity index (χ0n) is 12.0. The van der Waals surface area contributed by atoms with Crippen LogP contribution in [-0.4, -0.2) is 46.1 Å². The van der Waals surface area contributed by atoms with Crippen molar-refractivity contribution in [2.75, 3.05) is 31.1 Å². The van der Waals surface area contributed by atoms with Crippen molar-refractivity contribution in [3.8, 4) is 0 Å². The van der Waals surface area contributed by atoms with Crippen LogP contribution < -0.4 is 10.2 Å². The quantitative estimate of drug-likeness (QED) is 0.866. The van der Waals surface area contributed by atoms with Crippen molar-refractivity contribution in [3.63, 3.8) is 0 Å². The number of rotatable bonds is 5. The van der Waals surface area contributed by atoms with Crippen LogP contribution in [-0.2, 0) is 0 Å². The van der Waals surface area contributed by atoms with E-state index in [4.69, 9.17) is 0 Å². The van der Waals surface area contributed by atoms with Gasteiger partial charge >= 0.3 is 0 Å². The molecule has 3 rings (SSSR count). The standard InChI is InChI=1S/C14H22N6/c1-2-7-20(8-11-3-5-15-6-4-11)14-12-13(17-9-16-12)18-10-19-14/h9-11,15H,2-8H2,1H3,(H,16,17,18,19). The van der Waals surface area contributed by atoms with E-state index in [0.29, 0.717) is 0 Å². The van der Waals surface area contributed by atoms with Crippen LogP contribution in [0.25, 0.3) is 11.2 Å². The summed E-state index contributed by atoms with van der Waals surface area (Å²) in [6.45, 7) is 6.57. The summed E-state index contributed by atoms with van der Waals surface area (Å²) in [6.07, 6.45) is 6.92. The summed E-state index contributed by atoms with van der Waals surface area (Å²) in [7, 11) is 0. The van der Waals surface area contributed by atoms with E-state index < -0.39 is 0 Å². The van der Waals surface area contributed by atoms with Gasteiger partial charge in [0.15, 0.2) is 11.5 Å². The van der Waals surface area contributed by atoms with Crippen molar-refractivity contribution in [2.45, 2.75) is 26.2 Å². The lowest BCUT2D eigenvalue weighted by Gasteiger charge is -2.30. The Morgan fingerprint density at radius 3 is 2.90 bits per heavy atom. The number of nitrogens with one attached hydrogen (secondary N) is 2. The molecule has 1 fully saturated rings. The summed E-state index contributed by atoms with van der Waals surface area (Å²) >= 11 is 0. The van der Waals surface area contributed by atoms with E-state index in [1.54, 1.807) is 12.7 Å². The summed E-state index contributed by atoms with van der Waals surface area (Å²) in [6, 6.07) is 0. The minimum Gasteiger partial charge on any atom is -0.354 e. The van der Waals surface area contributed by atoms with Gasteiger partial charge in [0, 0.05) is 13.1 Å². The maximum atomic E-state index is 4.49. The number of aromatic nitrogens is 4. The molecule has 0 unspecified atom stereocenters. The second-order valence-corrected chi connectivity index (χ2v) is 5.44. The molecule has 6 nitrogen and oxygen atoms in total. The maximum Gasteiger partial charge on any atom is 0.182 e. The van der Waals surface area contributed by atoms with Crippen LogP contribution in [0.3, 0.4) is 0 Å². The van der Waals surface area contributed by atoms with E-state index in [2.05, 4.69) is 37.1 Å². The Labute approximate surface area is 119 Å². The van der Waals surface area contributed by atoms with E-state index in [-0.39, 0.29) is 0 Å². The van der Waals surface area contributed by atoms with Crippen LogP contribution in [0.1, 0.15) is 26.2 Å². The van der Waals surface area contributed by atoms with Crippen LogP contribution >= 0.6 is 0 Å². The largest absolute Gasteiger partial charge is 0.354 e. The van der Waals surface area contributed by atoms with Gasteiger partial charge in [-0.1, -0.05) is 6.92 Å². The highest BCUT2D eigenvalue weighted by Gasteiger charge is 2.19. The number of anilines is 1. The van der Waals surface area contributed by atoms with Gasteiger partial charge in [0.2, 0.25) is 0 Å². The third-order valence-corrected chi connectivity index (χ3v) is 3.93. The molecule has 0 amide bonds. The molecule has 1 saturated heterocycles. The summed E-state index contributed by atoms with van der Waals surface area (Å²) < 4.78 is 0. The summed E-state index contributed by atoms with van der Waals surface area (Å²) in [5, 5.41) is 3.42. The molecular formula is C14H22N6. The highest BCUT2D eigenvalue weighted by molar-refractivity contribution is 5.82. The van der Waals surface area contributed by atoms with Crippen LogP contribution in [0.5, 0.6) is 0 Å². The number of fused-ring (bicyclic) bond motifs is 1. The lowest BCUT2D eigenvalue weighted by atomic mass is 9.97. The van der Waals surface area contributed by atoms with E-state index in [0.717, 1.165) is 55.5 Å². The molecule has 0 bridgehead atoms. The first-order valence-corrected chi connectivity index (χ1v) is 7.48. The Balaban J connectivity index is 1.83. The Bertz CT molecular complexity index is 545. The van der Waals surface area contributed by atoms with Gasteiger partial charge in [0.05, 0.1) is 6.33 Å².